The second-order valence-corrected chi connectivity index (χ2v) is 9.88. The SMILES string of the molecule is Cc1[nH]c([C@H](OC2CC3(CC3)C2)c2ccc(F)c(Cl)c2)nc1S(C)(=O)=O. The van der Waals surface area contributed by atoms with Crippen LogP contribution < -0.4 is 0 Å². The van der Waals surface area contributed by atoms with Crippen LogP contribution in [0, 0.1) is 18.2 Å². The van der Waals surface area contributed by atoms with E-state index in [-0.39, 0.29) is 16.2 Å². The molecule has 1 aromatic carbocycles. The molecule has 26 heavy (non-hydrogen) atoms. The van der Waals surface area contributed by atoms with Gasteiger partial charge in [-0.2, -0.15) is 0 Å². The Bertz CT molecular complexity index is 961. The molecular formula is C18H20ClFN2O3S. The molecule has 0 aliphatic heterocycles. The molecule has 2 fully saturated rings. The van der Waals surface area contributed by atoms with E-state index >= 15 is 0 Å². The highest BCUT2D eigenvalue weighted by molar-refractivity contribution is 7.90. The van der Waals surface area contributed by atoms with Crippen LogP contribution in [0.4, 0.5) is 4.39 Å². The summed E-state index contributed by atoms with van der Waals surface area (Å²) in [7, 11) is -3.46. The fourth-order valence-electron chi connectivity index (χ4n) is 3.71. The molecule has 2 aromatic rings. The minimum absolute atomic E-state index is 0.00146. The lowest BCUT2D eigenvalue weighted by Gasteiger charge is -2.37. The number of nitrogens with one attached hydrogen (secondary N) is 1. The minimum atomic E-state index is -3.46. The maximum atomic E-state index is 13.6. The number of sulfone groups is 1. The summed E-state index contributed by atoms with van der Waals surface area (Å²) in [4.78, 5) is 7.29. The van der Waals surface area contributed by atoms with Gasteiger partial charge in [-0.3, -0.25) is 0 Å². The molecule has 5 nitrogen and oxygen atoms in total. The summed E-state index contributed by atoms with van der Waals surface area (Å²) < 4.78 is 43.6. The Labute approximate surface area is 156 Å². The van der Waals surface area contributed by atoms with E-state index in [1.165, 1.54) is 25.0 Å². The fraction of sp³-hybridized carbons (Fsp3) is 0.500. The van der Waals surface area contributed by atoms with Crippen LogP contribution in [0.5, 0.6) is 0 Å². The molecule has 8 heteroatoms. The van der Waals surface area contributed by atoms with Crippen LogP contribution in [0.2, 0.25) is 5.02 Å². The van der Waals surface area contributed by atoms with Crippen LogP contribution in [0.3, 0.4) is 0 Å². The Morgan fingerprint density at radius 3 is 2.62 bits per heavy atom. The lowest BCUT2D eigenvalue weighted by Crippen LogP contribution is -2.34. The number of aryl methyl sites for hydroxylation is 1. The molecule has 1 spiro atoms. The van der Waals surface area contributed by atoms with Crippen molar-refractivity contribution in [3.8, 4) is 0 Å². The number of hydrogen-bond donors (Lipinski definition) is 1. The first-order chi connectivity index (χ1) is 12.2. The van der Waals surface area contributed by atoms with Gasteiger partial charge in [-0.05, 0) is 55.7 Å². The third kappa shape index (κ3) is 3.28. The van der Waals surface area contributed by atoms with Gasteiger partial charge in [-0.1, -0.05) is 17.7 Å². The Kier molecular flexibility index (Phi) is 4.17. The van der Waals surface area contributed by atoms with Crippen molar-refractivity contribution in [2.45, 2.75) is 49.8 Å². The number of benzene rings is 1. The second-order valence-electron chi connectivity index (χ2n) is 7.54. The second kappa shape index (κ2) is 6.04. The van der Waals surface area contributed by atoms with Crippen molar-refractivity contribution in [3.05, 3.63) is 46.1 Å². The highest BCUT2D eigenvalue weighted by atomic mass is 35.5. The molecule has 4 rings (SSSR count). The number of nitrogens with zero attached hydrogens (tertiary/aromatic N) is 1. The topological polar surface area (TPSA) is 72.0 Å². The van der Waals surface area contributed by atoms with Crippen LogP contribution >= 0.6 is 11.6 Å². The first-order valence-corrected chi connectivity index (χ1v) is 10.8. The molecule has 0 radical (unpaired) electrons. The average Bonchev–Trinajstić information content (AvgIpc) is 3.21. The van der Waals surface area contributed by atoms with Crippen molar-refractivity contribution >= 4 is 21.4 Å². The normalized spacial score (nSPS) is 20.2. The lowest BCUT2D eigenvalue weighted by atomic mass is 9.79. The number of ether oxygens (including phenoxy) is 1. The van der Waals surface area contributed by atoms with Crippen molar-refractivity contribution in [2.75, 3.05) is 6.26 Å². The third-order valence-electron chi connectivity index (χ3n) is 5.31. The van der Waals surface area contributed by atoms with E-state index in [9.17, 15) is 12.8 Å². The van der Waals surface area contributed by atoms with E-state index in [4.69, 9.17) is 16.3 Å². The molecule has 0 amide bonds. The minimum Gasteiger partial charge on any atom is -0.362 e. The molecule has 1 N–H and O–H groups in total. The molecule has 0 saturated heterocycles. The Balaban J connectivity index is 1.68. The number of imidazole rings is 1. The first kappa shape index (κ1) is 17.9. The van der Waals surface area contributed by atoms with Crippen molar-refractivity contribution in [3.63, 3.8) is 0 Å². The highest BCUT2D eigenvalue weighted by Crippen LogP contribution is 2.62. The molecule has 140 valence electrons. The van der Waals surface area contributed by atoms with E-state index in [0.29, 0.717) is 22.5 Å². The number of H-pyrrole nitrogens is 1. The van der Waals surface area contributed by atoms with Crippen LogP contribution in [-0.2, 0) is 14.6 Å². The Morgan fingerprint density at radius 1 is 1.38 bits per heavy atom. The van der Waals surface area contributed by atoms with E-state index in [0.717, 1.165) is 19.1 Å². The van der Waals surface area contributed by atoms with Gasteiger partial charge in [0.2, 0.25) is 0 Å². The van der Waals surface area contributed by atoms with Gasteiger partial charge < -0.3 is 9.72 Å². The van der Waals surface area contributed by atoms with E-state index in [1.807, 2.05) is 0 Å². The van der Waals surface area contributed by atoms with Crippen LogP contribution in [-0.4, -0.2) is 30.7 Å². The summed E-state index contributed by atoms with van der Waals surface area (Å²) in [6, 6.07) is 4.38. The Morgan fingerprint density at radius 2 is 2.08 bits per heavy atom. The maximum absolute atomic E-state index is 13.6. The monoisotopic (exact) mass is 398 g/mol. The van der Waals surface area contributed by atoms with Crippen molar-refractivity contribution < 1.29 is 17.5 Å². The molecule has 2 aliphatic rings. The zero-order chi connectivity index (χ0) is 18.7. The van der Waals surface area contributed by atoms with Gasteiger partial charge in [0.15, 0.2) is 14.9 Å². The van der Waals surface area contributed by atoms with Gasteiger partial charge in [0, 0.05) is 6.26 Å². The number of aromatic amines is 1. The summed E-state index contributed by atoms with van der Waals surface area (Å²) in [6.07, 6.45) is 5.07. The maximum Gasteiger partial charge on any atom is 0.194 e. The van der Waals surface area contributed by atoms with Gasteiger partial charge >= 0.3 is 0 Å². The van der Waals surface area contributed by atoms with Crippen molar-refractivity contribution in [1.29, 1.82) is 0 Å². The first-order valence-electron chi connectivity index (χ1n) is 8.54. The van der Waals surface area contributed by atoms with E-state index < -0.39 is 21.8 Å². The largest absolute Gasteiger partial charge is 0.362 e. The Hall–Kier alpha value is -1.44. The summed E-state index contributed by atoms with van der Waals surface area (Å²) >= 11 is 5.94. The van der Waals surface area contributed by atoms with Gasteiger partial charge in [-0.25, -0.2) is 17.8 Å². The zero-order valence-electron chi connectivity index (χ0n) is 14.6. The van der Waals surface area contributed by atoms with Crippen LogP contribution in [0.15, 0.2) is 23.2 Å². The van der Waals surface area contributed by atoms with Crippen LogP contribution in [0.1, 0.15) is 48.9 Å². The molecule has 2 saturated carbocycles. The summed E-state index contributed by atoms with van der Waals surface area (Å²) in [6.45, 7) is 1.66. The molecule has 1 heterocycles. The quantitative estimate of drug-likeness (QED) is 0.827. The summed E-state index contributed by atoms with van der Waals surface area (Å²) in [5.74, 6) is -0.121. The number of rotatable bonds is 5. The van der Waals surface area contributed by atoms with Gasteiger partial charge in [-0.15, -0.1) is 0 Å². The molecule has 1 atom stereocenters. The standard InChI is InChI=1S/C18H20ClFN2O3S/c1-10-17(26(2,23)24)22-16(21-10)15(11-3-4-14(20)13(19)7-11)25-12-8-18(9-12)5-6-18/h3-4,7,12,15H,5-6,8-9H2,1-2H3,(H,21,22)/t15-/m1/s1. The summed E-state index contributed by atoms with van der Waals surface area (Å²) in [5, 5.41) is -0.00318. The van der Waals surface area contributed by atoms with Gasteiger partial charge in [0.25, 0.3) is 0 Å². The zero-order valence-corrected chi connectivity index (χ0v) is 16.1. The molecule has 1 aromatic heterocycles. The molecule has 2 aliphatic carbocycles. The van der Waals surface area contributed by atoms with Gasteiger partial charge in [0.05, 0.1) is 16.8 Å². The fourth-order valence-corrected chi connectivity index (χ4v) is 4.77. The van der Waals surface area contributed by atoms with Crippen molar-refractivity contribution in [2.24, 2.45) is 5.41 Å². The summed E-state index contributed by atoms with van der Waals surface area (Å²) in [5.41, 5.74) is 1.56. The smallest absolute Gasteiger partial charge is 0.194 e. The predicted molar refractivity (Wildman–Crippen MR) is 95.5 cm³/mol. The van der Waals surface area contributed by atoms with E-state index in [1.54, 1.807) is 13.0 Å². The predicted octanol–water partition coefficient (Wildman–Crippen LogP) is 3.96. The van der Waals surface area contributed by atoms with Crippen molar-refractivity contribution in [1.82, 2.24) is 9.97 Å². The number of aromatic nitrogens is 2. The molecular weight excluding hydrogens is 379 g/mol. The number of hydrogen-bond acceptors (Lipinski definition) is 4. The third-order valence-corrected chi connectivity index (χ3v) is 6.70. The van der Waals surface area contributed by atoms with E-state index in [2.05, 4.69) is 9.97 Å². The van der Waals surface area contributed by atoms with Crippen LogP contribution in [0.25, 0.3) is 0 Å². The lowest BCUT2D eigenvalue weighted by molar-refractivity contribution is -0.0732. The highest BCUT2D eigenvalue weighted by Gasteiger charge is 2.54. The number of halogens is 2. The average molecular weight is 399 g/mol. The molecule has 0 bridgehead atoms. The molecule has 0 unspecified atom stereocenters. The van der Waals surface area contributed by atoms with Gasteiger partial charge in [0.1, 0.15) is 17.7 Å².